The van der Waals surface area contributed by atoms with E-state index in [1.807, 2.05) is 0 Å². The monoisotopic (exact) mass is 290 g/mol. The minimum Gasteiger partial charge on any atom is -0.496 e. The molecule has 21 heavy (non-hydrogen) atoms. The van der Waals surface area contributed by atoms with Crippen molar-refractivity contribution in [1.82, 2.24) is 0 Å². The van der Waals surface area contributed by atoms with E-state index in [9.17, 15) is 14.0 Å². The highest BCUT2D eigenvalue weighted by atomic mass is 19.1. The Morgan fingerprint density at radius 1 is 0.952 bits per heavy atom. The third-order valence-corrected chi connectivity index (χ3v) is 2.95. The zero-order chi connectivity index (χ0) is 15.6. The summed E-state index contributed by atoms with van der Waals surface area (Å²) in [5, 5.41) is 17.9. The zero-order valence-electron chi connectivity index (χ0n) is 11.0. The predicted octanol–water partition coefficient (Wildman–Crippen LogP) is 2.90. The van der Waals surface area contributed by atoms with E-state index in [-0.39, 0.29) is 28.0 Å². The molecule has 0 radical (unpaired) electrons. The van der Waals surface area contributed by atoms with Crippen molar-refractivity contribution in [2.75, 3.05) is 7.11 Å². The summed E-state index contributed by atoms with van der Waals surface area (Å²) in [6, 6.07) is 7.31. The summed E-state index contributed by atoms with van der Waals surface area (Å²) in [7, 11) is 1.32. The summed E-state index contributed by atoms with van der Waals surface area (Å²) in [5.41, 5.74) is 0.230. The van der Waals surface area contributed by atoms with Crippen molar-refractivity contribution in [3.8, 4) is 16.9 Å². The van der Waals surface area contributed by atoms with Gasteiger partial charge in [0.25, 0.3) is 0 Å². The molecule has 6 heteroatoms. The largest absolute Gasteiger partial charge is 0.496 e. The number of benzene rings is 2. The van der Waals surface area contributed by atoms with Crippen molar-refractivity contribution in [3.63, 3.8) is 0 Å². The Morgan fingerprint density at radius 3 is 2.10 bits per heavy atom. The zero-order valence-corrected chi connectivity index (χ0v) is 11.0. The Kier molecular flexibility index (Phi) is 3.89. The maximum atomic E-state index is 13.9. The van der Waals surface area contributed by atoms with E-state index in [1.165, 1.54) is 31.4 Å². The lowest BCUT2D eigenvalue weighted by Crippen LogP contribution is -2.00. The molecule has 2 rings (SSSR count). The molecule has 0 unspecified atom stereocenters. The van der Waals surface area contributed by atoms with Gasteiger partial charge in [0.1, 0.15) is 11.6 Å². The number of carbonyl (C=O) groups is 2. The van der Waals surface area contributed by atoms with Crippen molar-refractivity contribution < 1.29 is 28.9 Å². The molecule has 0 saturated carbocycles. The molecule has 2 aromatic rings. The van der Waals surface area contributed by atoms with Gasteiger partial charge in [-0.3, -0.25) is 0 Å². The van der Waals surface area contributed by atoms with Crippen LogP contribution in [0.25, 0.3) is 11.1 Å². The van der Waals surface area contributed by atoms with Crippen molar-refractivity contribution in [2.24, 2.45) is 0 Å². The van der Waals surface area contributed by atoms with Gasteiger partial charge >= 0.3 is 11.9 Å². The van der Waals surface area contributed by atoms with E-state index in [2.05, 4.69) is 0 Å². The quantitative estimate of drug-likeness (QED) is 0.904. The molecule has 0 fully saturated rings. The minimum atomic E-state index is -1.18. The fourth-order valence-electron chi connectivity index (χ4n) is 1.91. The van der Waals surface area contributed by atoms with Gasteiger partial charge in [0.05, 0.1) is 18.2 Å². The molecule has 2 aromatic carbocycles. The van der Waals surface area contributed by atoms with Crippen LogP contribution in [-0.2, 0) is 0 Å². The van der Waals surface area contributed by atoms with Gasteiger partial charge in [-0.25, -0.2) is 14.0 Å². The summed E-state index contributed by atoms with van der Waals surface area (Å²) in [6.07, 6.45) is 0. The molecule has 0 aliphatic heterocycles. The van der Waals surface area contributed by atoms with Crippen LogP contribution in [0.5, 0.6) is 5.75 Å². The van der Waals surface area contributed by atoms with Gasteiger partial charge in [0.2, 0.25) is 0 Å². The lowest BCUT2D eigenvalue weighted by molar-refractivity contribution is 0.0686. The SMILES string of the molecule is COc1cc(C(=O)O)ccc1-c1cc(C(=O)O)ccc1F. The second-order valence-corrected chi connectivity index (χ2v) is 4.22. The van der Waals surface area contributed by atoms with Crippen LogP contribution < -0.4 is 4.74 Å². The van der Waals surface area contributed by atoms with E-state index in [0.717, 1.165) is 12.1 Å². The van der Waals surface area contributed by atoms with E-state index in [1.54, 1.807) is 0 Å². The van der Waals surface area contributed by atoms with Crippen LogP contribution >= 0.6 is 0 Å². The third kappa shape index (κ3) is 2.84. The molecule has 0 amide bonds. The highest BCUT2D eigenvalue weighted by molar-refractivity contribution is 5.92. The van der Waals surface area contributed by atoms with E-state index >= 15 is 0 Å². The first-order chi connectivity index (χ1) is 9.93. The lowest BCUT2D eigenvalue weighted by atomic mass is 10.00. The van der Waals surface area contributed by atoms with E-state index in [0.29, 0.717) is 0 Å². The minimum absolute atomic E-state index is 0.00889. The number of hydrogen-bond donors (Lipinski definition) is 2. The summed E-state index contributed by atoms with van der Waals surface area (Å²) in [6.45, 7) is 0. The topological polar surface area (TPSA) is 83.8 Å². The highest BCUT2D eigenvalue weighted by Gasteiger charge is 2.15. The van der Waals surface area contributed by atoms with Gasteiger partial charge in [-0.2, -0.15) is 0 Å². The molecular formula is C15H11FO5. The van der Waals surface area contributed by atoms with Gasteiger partial charge in [-0.05, 0) is 36.4 Å². The molecule has 0 heterocycles. The first kappa shape index (κ1) is 14.5. The van der Waals surface area contributed by atoms with Gasteiger partial charge in [-0.1, -0.05) is 0 Å². The maximum absolute atomic E-state index is 13.9. The Hall–Kier alpha value is -2.89. The molecule has 108 valence electrons. The average Bonchev–Trinajstić information content (AvgIpc) is 2.46. The second kappa shape index (κ2) is 5.62. The molecule has 0 aliphatic carbocycles. The molecule has 0 aromatic heterocycles. The molecule has 0 spiro atoms. The van der Waals surface area contributed by atoms with Gasteiger partial charge < -0.3 is 14.9 Å². The summed E-state index contributed by atoms with van der Waals surface area (Å²) < 4.78 is 19.0. The first-order valence-electron chi connectivity index (χ1n) is 5.88. The number of carboxylic acid groups (broad SMARTS) is 2. The smallest absolute Gasteiger partial charge is 0.335 e. The molecule has 0 atom stereocenters. The van der Waals surface area contributed by atoms with Crippen LogP contribution in [-0.4, -0.2) is 29.3 Å². The number of hydrogen-bond acceptors (Lipinski definition) is 3. The Bertz CT molecular complexity index is 724. The summed E-state index contributed by atoms with van der Waals surface area (Å²) in [5.74, 6) is -2.80. The number of aromatic carboxylic acids is 2. The van der Waals surface area contributed by atoms with E-state index in [4.69, 9.17) is 14.9 Å². The van der Waals surface area contributed by atoms with Crippen LogP contribution in [0.15, 0.2) is 36.4 Å². The number of ether oxygens (including phenoxy) is 1. The van der Waals surface area contributed by atoms with Crippen molar-refractivity contribution in [2.45, 2.75) is 0 Å². The van der Waals surface area contributed by atoms with Crippen LogP contribution in [0.2, 0.25) is 0 Å². The number of methoxy groups -OCH3 is 1. The lowest BCUT2D eigenvalue weighted by Gasteiger charge is -2.11. The maximum Gasteiger partial charge on any atom is 0.335 e. The second-order valence-electron chi connectivity index (χ2n) is 4.22. The van der Waals surface area contributed by atoms with Crippen LogP contribution in [0, 0.1) is 5.82 Å². The Labute approximate surface area is 119 Å². The van der Waals surface area contributed by atoms with Crippen LogP contribution in [0.3, 0.4) is 0 Å². The van der Waals surface area contributed by atoms with Gasteiger partial charge in [0.15, 0.2) is 0 Å². The first-order valence-corrected chi connectivity index (χ1v) is 5.88. The molecule has 2 N–H and O–H groups in total. The molecular weight excluding hydrogens is 279 g/mol. The fraction of sp³-hybridized carbons (Fsp3) is 0.0667. The molecule has 0 aliphatic rings. The van der Waals surface area contributed by atoms with Gasteiger partial charge in [-0.15, -0.1) is 0 Å². The summed E-state index contributed by atoms with van der Waals surface area (Å²) >= 11 is 0. The molecule has 5 nitrogen and oxygen atoms in total. The van der Waals surface area contributed by atoms with Crippen LogP contribution in [0.1, 0.15) is 20.7 Å². The third-order valence-electron chi connectivity index (χ3n) is 2.95. The van der Waals surface area contributed by atoms with Crippen molar-refractivity contribution >= 4 is 11.9 Å². The van der Waals surface area contributed by atoms with E-state index < -0.39 is 17.8 Å². The standard InChI is InChI=1S/C15H11FO5/c1-21-13-7-9(15(19)20)2-4-10(13)11-6-8(14(17)18)3-5-12(11)16/h2-7H,1H3,(H,17,18)(H,19,20). The predicted molar refractivity (Wildman–Crippen MR) is 72.3 cm³/mol. The molecule has 0 bridgehead atoms. The Morgan fingerprint density at radius 2 is 1.52 bits per heavy atom. The number of halogens is 1. The summed E-state index contributed by atoms with van der Waals surface area (Å²) in [4.78, 5) is 21.9. The Balaban J connectivity index is 2.63. The van der Waals surface area contributed by atoms with Gasteiger partial charge in [0, 0.05) is 11.1 Å². The van der Waals surface area contributed by atoms with Crippen LogP contribution in [0.4, 0.5) is 4.39 Å². The van der Waals surface area contributed by atoms with Crippen molar-refractivity contribution in [1.29, 1.82) is 0 Å². The number of carboxylic acids is 2. The fourth-order valence-corrected chi connectivity index (χ4v) is 1.91. The normalized spacial score (nSPS) is 10.2. The van der Waals surface area contributed by atoms with Crippen molar-refractivity contribution in [3.05, 3.63) is 53.3 Å². The number of rotatable bonds is 4. The molecule has 0 saturated heterocycles. The average molecular weight is 290 g/mol. The highest BCUT2D eigenvalue weighted by Crippen LogP contribution is 2.33.